The normalized spacial score (nSPS) is 25.5. The second-order valence-corrected chi connectivity index (χ2v) is 3.63. The maximum Gasteiger partial charge on any atom is 0.0807 e. The molecule has 0 bridgehead atoms. The lowest BCUT2D eigenvalue weighted by Crippen LogP contribution is -2.19. The zero-order valence-corrected chi connectivity index (χ0v) is 9.06. The minimum atomic E-state index is 0.205. The van der Waals surface area contributed by atoms with Crippen molar-refractivity contribution in [2.45, 2.75) is 32.8 Å². The van der Waals surface area contributed by atoms with Gasteiger partial charge in [-0.15, -0.1) is 0 Å². The van der Waals surface area contributed by atoms with Crippen molar-refractivity contribution in [3.05, 3.63) is 23.8 Å². The van der Waals surface area contributed by atoms with E-state index in [0.29, 0.717) is 0 Å². The predicted molar refractivity (Wildman–Crippen MR) is 60.1 cm³/mol. The Labute approximate surface area is 85.5 Å². The van der Waals surface area contributed by atoms with Crippen LogP contribution in [0.4, 0.5) is 0 Å². The summed E-state index contributed by atoms with van der Waals surface area (Å²) < 4.78 is 5.59. The second kappa shape index (κ2) is 5.30. The quantitative estimate of drug-likeness (QED) is 0.507. The van der Waals surface area contributed by atoms with Crippen molar-refractivity contribution in [2.75, 3.05) is 6.61 Å². The average Bonchev–Trinajstić information content (AvgIpc) is 2.15. The van der Waals surface area contributed by atoms with E-state index in [4.69, 9.17) is 17.0 Å². The Morgan fingerprint density at radius 2 is 2.46 bits per heavy atom. The number of allylic oxidation sites excluding steroid dienone is 3. The summed E-state index contributed by atoms with van der Waals surface area (Å²) >= 11 is 5.25. The summed E-state index contributed by atoms with van der Waals surface area (Å²) in [4.78, 5) is 1.02. The van der Waals surface area contributed by atoms with E-state index in [9.17, 15) is 0 Å². The molecule has 13 heavy (non-hydrogen) atoms. The number of ether oxygens (including phenoxy) is 1. The van der Waals surface area contributed by atoms with E-state index in [-0.39, 0.29) is 6.10 Å². The van der Waals surface area contributed by atoms with E-state index in [1.165, 1.54) is 5.57 Å². The fourth-order valence-corrected chi connectivity index (χ4v) is 1.66. The van der Waals surface area contributed by atoms with Crippen molar-refractivity contribution < 1.29 is 4.74 Å². The van der Waals surface area contributed by atoms with Crippen molar-refractivity contribution in [3.63, 3.8) is 0 Å². The zero-order chi connectivity index (χ0) is 9.68. The Hall–Kier alpha value is -0.470. The molecule has 1 atom stereocenters. The molecule has 0 fully saturated rings. The zero-order valence-electron chi connectivity index (χ0n) is 8.25. The maximum absolute atomic E-state index is 5.59. The first kappa shape index (κ1) is 10.6. The molecule has 0 spiro atoms. The molecular weight excluding hydrogens is 180 g/mol. The van der Waals surface area contributed by atoms with E-state index in [0.717, 1.165) is 24.3 Å². The SMILES string of the molecule is CC=C1C=CC(OCCC)CC1=S. The van der Waals surface area contributed by atoms with Gasteiger partial charge in [-0.25, -0.2) is 0 Å². The summed E-state index contributed by atoms with van der Waals surface area (Å²) in [5.74, 6) is 0. The Kier molecular flexibility index (Phi) is 4.33. The molecule has 1 aliphatic rings. The number of hydrogen-bond donors (Lipinski definition) is 0. The molecule has 0 radical (unpaired) electrons. The minimum absolute atomic E-state index is 0.205. The van der Waals surface area contributed by atoms with Crippen molar-refractivity contribution in [2.24, 2.45) is 0 Å². The van der Waals surface area contributed by atoms with Gasteiger partial charge in [0.2, 0.25) is 0 Å². The van der Waals surface area contributed by atoms with Gasteiger partial charge in [-0.2, -0.15) is 0 Å². The van der Waals surface area contributed by atoms with Gasteiger partial charge in [0.05, 0.1) is 6.10 Å². The topological polar surface area (TPSA) is 9.23 Å². The fourth-order valence-electron chi connectivity index (χ4n) is 1.31. The molecular formula is C11H16OS. The highest BCUT2D eigenvalue weighted by Gasteiger charge is 2.14. The third kappa shape index (κ3) is 3.05. The van der Waals surface area contributed by atoms with Crippen LogP contribution in [0.3, 0.4) is 0 Å². The molecule has 0 saturated heterocycles. The van der Waals surface area contributed by atoms with Gasteiger partial charge in [-0.1, -0.05) is 37.4 Å². The van der Waals surface area contributed by atoms with E-state index in [2.05, 4.69) is 25.2 Å². The van der Waals surface area contributed by atoms with Crippen LogP contribution >= 0.6 is 12.2 Å². The highest BCUT2D eigenvalue weighted by Crippen LogP contribution is 2.17. The molecule has 0 aromatic carbocycles. The van der Waals surface area contributed by atoms with Gasteiger partial charge in [-0.05, 0) is 18.9 Å². The van der Waals surface area contributed by atoms with Gasteiger partial charge in [0.15, 0.2) is 0 Å². The van der Waals surface area contributed by atoms with E-state index >= 15 is 0 Å². The largest absolute Gasteiger partial charge is 0.374 e. The highest BCUT2D eigenvalue weighted by molar-refractivity contribution is 7.80. The van der Waals surface area contributed by atoms with E-state index < -0.39 is 0 Å². The van der Waals surface area contributed by atoms with Crippen LogP contribution in [0.5, 0.6) is 0 Å². The van der Waals surface area contributed by atoms with Gasteiger partial charge in [0.1, 0.15) is 0 Å². The molecule has 0 amide bonds. The first-order chi connectivity index (χ1) is 6.27. The molecule has 0 N–H and O–H groups in total. The summed E-state index contributed by atoms with van der Waals surface area (Å²) in [6.45, 7) is 4.95. The van der Waals surface area contributed by atoms with Crippen molar-refractivity contribution in [3.8, 4) is 0 Å². The van der Waals surface area contributed by atoms with Gasteiger partial charge >= 0.3 is 0 Å². The Morgan fingerprint density at radius 1 is 1.69 bits per heavy atom. The fraction of sp³-hybridized carbons (Fsp3) is 0.545. The number of thiocarbonyl (C=S) groups is 1. The third-order valence-corrected chi connectivity index (χ3v) is 2.45. The Balaban J connectivity index is 2.52. The molecule has 0 saturated carbocycles. The monoisotopic (exact) mass is 196 g/mol. The highest BCUT2D eigenvalue weighted by atomic mass is 32.1. The van der Waals surface area contributed by atoms with Crippen LogP contribution in [0.1, 0.15) is 26.7 Å². The number of rotatable bonds is 3. The molecule has 0 heterocycles. The van der Waals surface area contributed by atoms with E-state index in [1.807, 2.05) is 6.92 Å². The van der Waals surface area contributed by atoms with Crippen molar-refractivity contribution in [1.82, 2.24) is 0 Å². The first-order valence-electron chi connectivity index (χ1n) is 4.77. The van der Waals surface area contributed by atoms with Crippen molar-refractivity contribution >= 4 is 17.1 Å². The maximum atomic E-state index is 5.59. The molecule has 0 aromatic heterocycles. The summed E-state index contributed by atoms with van der Waals surface area (Å²) in [5.41, 5.74) is 1.17. The lowest BCUT2D eigenvalue weighted by molar-refractivity contribution is 0.0901. The van der Waals surface area contributed by atoms with Gasteiger partial charge in [-0.3, -0.25) is 0 Å². The van der Waals surface area contributed by atoms with Crippen LogP contribution in [0.15, 0.2) is 23.8 Å². The van der Waals surface area contributed by atoms with Crippen LogP contribution in [0, 0.1) is 0 Å². The molecule has 2 heteroatoms. The molecule has 0 aliphatic heterocycles. The van der Waals surface area contributed by atoms with Crippen LogP contribution in [-0.4, -0.2) is 17.6 Å². The summed E-state index contributed by atoms with van der Waals surface area (Å²) in [6, 6.07) is 0. The summed E-state index contributed by atoms with van der Waals surface area (Å²) in [7, 11) is 0. The van der Waals surface area contributed by atoms with Gasteiger partial charge in [0, 0.05) is 17.9 Å². The average molecular weight is 196 g/mol. The molecule has 1 unspecified atom stereocenters. The van der Waals surface area contributed by atoms with Crippen molar-refractivity contribution in [1.29, 1.82) is 0 Å². The standard InChI is InChI=1S/C11H16OS/c1-3-7-12-10-6-5-9(4-2)11(13)8-10/h4-6,10H,3,7-8H2,1-2H3. The minimum Gasteiger partial charge on any atom is -0.374 e. The second-order valence-electron chi connectivity index (χ2n) is 3.14. The lowest BCUT2D eigenvalue weighted by atomic mass is 9.99. The third-order valence-electron chi connectivity index (χ3n) is 2.05. The predicted octanol–water partition coefficient (Wildman–Crippen LogP) is 3.06. The van der Waals surface area contributed by atoms with Crippen LogP contribution in [0.25, 0.3) is 0 Å². The summed E-state index contributed by atoms with van der Waals surface area (Å²) in [5, 5.41) is 0. The molecule has 72 valence electrons. The first-order valence-corrected chi connectivity index (χ1v) is 5.18. The molecule has 1 rings (SSSR count). The molecule has 1 nitrogen and oxygen atoms in total. The Morgan fingerprint density at radius 3 is 3.00 bits per heavy atom. The smallest absolute Gasteiger partial charge is 0.0807 e. The van der Waals surface area contributed by atoms with Crippen LogP contribution in [0.2, 0.25) is 0 Å². The lowest BCUT2D eigenvalue weighted by Gasteiger charge is -2.19. The van der Waals surface area contributed by atoms with Gasteiger partial charge < -0.3 is 4.74 Å². The Bertz CT molecular complexity index is 240. The number of hydrogen-bond acceptors (Lipinski definition) is 2. The van der Waals surface area contributed by atoms with Gasteiger partial charge in [0.25, 0.3) is 0 Å². The summed E-state index contributed by atoms with van der Waals surface area (Å²) in [6.07, 6.45) is 8.34. The van der Waals surface area contributed by atoms with E-state index in [1.54, 1.807) is 0 Å². The van der Waals surface area contributed by atoms with Crippen LogP contribution in [-0.2, 0) is 4.74 Å². The van der Waals surface area contributed by atoms with Crippen LogP contribution < -0.4 is 0 Å². The molecule has 0 aromatic rings. The molecule has 1 aliphatic carbocycles.